The molecule has 2 rings (SSSR count). The molecular weight excluding hydrogens is 236 g/mol. The van der Waals surface area contributed by atoms with Crippen LogP contribution in [0.3, 0.4) is 0 Å². The Morgan fingerprint density at radius 1 is 1.61 bits per heavy atom. The minimum absolute atomic E-state index is 0.281. The molecule has 0 saturated heterocycles. The Morgan fingerprint density at radius 2 is 2.39 bits per heavy atom. The molecule has 0 aliphatic rings. The van der Waals surface area contributed by atoms with E-state index in [9.17, 15) is 4.79 Å². The Kier molecular flexibility index (Phi) is 3.26. The van der Waals surface area contributed by atoms with Gasteiger partial charge in [0.15, 0.2) is 5.82 Å². The van der Waals surface area contributed by atoms with Crippen molar-refractivity contribution in [3.63, 3.8) is 0 Å². The molecule has 0 spiro atoms. The molecule has 2 aromatic rings. The highest BCUT2D eigenvalue weighted by Gasteiger charge is 2.12. The van der Waals surface area contributed by atoms with E-state index in [4.69, 9.17) is 4.52 Å². The fourth-order valence-corrected chi connectivity index (χ4v) is 1.42. The van der Waals surface area contributed by atoms with Gasteiger partial charge in [-0.2, -0.15) is 0 Å². The van der Waals surface area contributed by atoms with E-state index >= 15 is 0 Å². The Labute approximate surface area is 104 Å². The van der Waals surface area contributed by atoms with Gasteiger partial charge >= 0.3 is 6.03 Å². The fourth-order valence-electron chi connectivity index (χ4n) is 1.42. The Hall–Kier alpha value is -2.38. The molecule has 0 saturated carbocycles. The molecule has 0 fully saturated rings. The lowest BCUT2D eigenvalue weighted by atomic mass is 10.3. The summed E-state index contributed by atoms with van der Waals surface area (Å²) in [6.45, 7) is 2.17. The summed E-state index contributed by atoms with van der Waals surface area (Å²) in [4.78, 5) is 13.3. The Balaban J connectivity index is 1.92. The van der Waals surface area contributed by atoms with Gasteiger partial charge in [0.1, 0.15) is 11.5 Å². The number of nitrogens with one attached hydrogen (secondary N) is 1. The van der Waals surface area contributed by atoms with Crippen molar-refractivity contribution in [1.82, 2.24) is 25.1 Å². The predicted octanol–water partition coefficient (Wildman–Crippen LogP) is 0.775. The molecule has 8 heteroatoms. The third kappa shape index (κ3) is 2.84. The third-order valence-corrected chi connectivity index (χ3v) is 2.26. The largest absolute Gasteiger partial charge is 0.361 e. The molecule has 0 atom stereocenters. The summed E-state index contributed by atoms with van der Waals surface area (Å²) in [5.41, 5.74) is 0.698. The van der Waals surface area contributed by atoms with Crippen molar-refractivity contribution in [1.29, 1.82) is 0 Å². The number of aromatic nitrogens is 4. The van der Waals surface area contributed by atoms with Crippen molar-refractivity contribution in [3.8, 4) is 0 Å². The lowest BCUT2D eigenvalue weighted by Gasteiger charge is -2.14. The molecule has 0 aromatic carbocycles. The summed E-state index contributed by atoms with van der Waals surface area (Å²) in [5.74, 6) is 1.12. The number of amides is 2. The Morgan fingerprint density at radius 3 is 2.94 bits per heavy atom. The second kappa shape index (κ2) is 4.86. The molecular formula is C10H14N6O2. The van der Waals surface area contributed by atoms with Gasteiger partial charge in [-0.25, -0.2) is 4.79 Å². The van der Waals surface area contributed by atoms with E-state index < -0.39 is 0 Å². The normalized spacial score (nSPS) is 10.4. The van der Waals surface area contributed by atoms with Crippen LogP contribution in [-0.4, -0.2) is 38.1 Å². The zero-order chi connectivity index (χ0) is 13.1. The van der Waals surface area contributed by atoms with Crippen LogP contribution in [0.5, 0.6) is 0 Å². The molecule has 0 aliphatic carbocycles. The SMILES string of the molecule is Cc1cc(CN(C)C(=O)Nc2cn(C)nn2)no1. The number of carbonyl (C=O) groups excluding carboxylic acids is 1. The quantitative estimate of drug-likeness (QED) is 0.869. The first kappa shape index (κ1) is 12.1. The van der Waals surface area contributed by atoms with Crippen LogP contribution in [0.2, 0.25) is 0 Å². The third-order valence-electron chi connectivity index (χ3n) is 2.26. The number of rotatable bonds is 3. The van der Waals surface area contributed by atoms with Gasteiger partial charge in [-0.15, -0.1) is 5.10 Å². The number of carbonyl (C=O) groups is 1. The highest BCUT2D eigenvalue weighted by atomic mass is 16.5. The second-order valence-electron chi connectivity index (χ2n) is 3.99. The summed E-state index contributed by atoms with van der Waals surface area (Å²) in [6, 6.07) is 1.50. The van der Waals surface area contributed by atoms with Gasteiger partial charge in [-0.3, -0.25) is 10.00 Å². The van der Waals surface area contributed by atoms with Crippen LogP contribution in [0.1, 0.15) is 11.5 Å². The molecule has 96 valence electrons. The van der Waals surface area contributed by atoms with Crippen molar-refractivity contribution in [2.75, 3.05) is 12.4 Å². The van der Waals surface area contributed by atoms with Gasteiger partial charge in [-0.1, -0.05) is 10.4 Å². The fraction of sp³-hybridized carbons (Fsp3) is 0.400. The molecule has 18 heavy (non-hydrogen) atoms. The standard InChI is InChI=1S/C10H14N6O2/c1-7-4-8(13-18-7)5-15(2)10(17)11-9-6-16(3)14-12-9/h4,6H,5H2,1-3H3,(H,11,17). The second-order valence-corrected chi connectivity index (χ2v) is 3.99. The number of nitrogens with zero attached hydrogens (tertiary/aromatic N) is 5. The maximum Gasteiger partial charge on any atom is 0.323 e. The first-order valence-electron chi connectivity index (χ1n) is 5.35. The predicted molar refractivity (Wildman–Crippen MR) is 62.7 cm³/mol. The molecule has 0 aliphatic heterocycles. The van der Waals surface area contributed by atoms with Crippen LogP contribution in [0.15, 0.2) is 16.8 Å². The average Bonchev–Trinajstić information content (AvgIpc) is 2.88. The summed E-state index contributed by atoms with van der Waals surface area (Å²) in [6.07, 6.45) is 1.62. The molecule has 2 amide bonds. The van der Waals surface area contributed by atoms with Crippen LogP contribution < -0.4 is 5.32 Å². The number of urea groups is 1. The van der Waals surface area contributed by atoms with Crippen LogP contribution in [-0.2, 0) is 13.6 Å². The van der Waals surface area contributed by atoms with Crippen molar-refractivity contribution in [2.24, 2.45) is 7.05 Å². The van der Waals surface area contributed by atoms with Crippen LogP contribution in [0, 0.1) is 6.92 Å². The molecule has 8 nitrogen and oxygen atoms in total. The van der Waals surface area contributed by atoms with Gasteiger partial charge in [-0.05, 0) is 6.92 Å². The first-order valence-corrected chi connectivity index (χ1v) is 5.35. The minimum atomic E-state index is -0.281. The highest BCUT2D eigenvalue weighted by molar-refractivity contribution is 5.87. The Bertz CT molecular complexity index is 546. The topological polar surface area (TPSA) is 89.1 Å². The van der Waals surface area contributed by atoms with Crippen molar-refractivity contribution in [3.05, 3.63) is 23.7 Å². The monoisotopic (exact) mass is 250 g/mol. The molecule has 0 unspecified atom stereocenters. The van der Waals surface area contributed by atoms with Gasteiger partial charge in [0.2, 0.25) is 0 Å². The zero-order valence-corrected chi connectivity index (χ0v) is 10.4. The number of anilines is 1. The van der Waals surface area contributed by atoms with Crippen LogP contribution in [0.25, 0.3) is 0 Å². The number of hydrogen-bond acceptors (Lipinski definition) is 5. The van der Waals surface area contributed by atoms with Gasteiger partial charge in [0.05, 0.1) is 12.7 Å². The van der Waals surface area contributed by atoms with Crippen LogP contribution >= 0.6 is 0 Å². The minimum Gasteiger partial charge on any atom is -0.361 e. The molecule has 0 bridgehead atoms. The molecule has 2 aromatic heterocycles. The van der Waals surface area contributed by atoms with Gasteiger partial charge < -0.3 is 9.42 Å². The molecule has 0 radical (unpaired) electrons. The van der Waals surface area contributed by atoms with E-state index in [1.807, 2.05) is 0 Å². The maximum atomic E-state index is 11.8. The highest BCUT2D eigenvalue weighted by Crippen LogP contribution is 2.06. The summed E-state index contributed by atoms with van der Waals surface area (Å²) >= 11 is 0. The van der Waals surface area contributed by atoms with Gasteiger partial charge in [0, 0.05) is 20.2 Å². The first-order chi connectivity index (χ1) is 8.54. The molecule has 2 heterocycles. The van der Waals surface area contributed by atoms with E-state index in [-0.39, 0.29) is 6.03 Å². The van der Waals surface area contributed by atoms with Crippen molar-refractivity contribution < 1.29 is 9.32 Å². The summed E-state index contributed by atoms with van der Waals surface area (Å²) in [5, 5.41) is 13.9. The van der Waals surface area contributed by atoms with E-state index in [2.05, 4.69) is 20.8 Å². The summed E-state index contributed by atoms with van der Waals surface area (Å²) < 4.78 is 6.44. The number of hydrogen-bond donors (Lipinski definition) is 1. The van der Waals surface area contributed by atoms with E-state index in [1.54, 1.807) is 33.3 Å². The summed E-state index contributed by atoms with van der Waals surface area (Å²) in [7, 11) is 3.39. The van der Waals surface area contributed by atoms with E-state index in [0.717, 1.165) is 0 Å². The lowest BCUT2D eigenvalue weighted by molar-refractivity contribution is 0.219. The maximum absolute atomic E-state index is 11.8. The smallest absolute Gasteiger partial charge is 0.323 e. The number of aryl methyl sites for hydroxylation is 2. The van der Waals surface area contributed by atoms with Gasteiger partial charge in [0.25, 0.3) is 0 Å². The van der Waals surface area contributed by atoms with E-state index in [1.165, 1.54) is 9.58 Å². The molecule has 1 N–H and O–H groups in total. The van der Waals surface area contributed by atoms with Crippen molar-refractivity contribution >= 4 is 11.8 Å². The lowest BCUT2D eigenvalue weighted by Crippen LogP contribution is -2.31. The van der Waals surface area contributed by atoms with Crippen molar-refractivity contribution in [2.45, 2.75) is 13.5 Å². The van der Waals surface area contributed by atoms with E-state index in [0.29, 0.717) is 23.8 Å². The average molecular weight is 250 g/mol. The zero-order valence-electron chi connectivity index (χ0n) is 10.4. The van der Waals surface area contributed by atoms with Crippen LogP contribution in [0.4, 0.5) is 10.6 Å².